The number of methoxy groups -OCH3 is 1. The first-order chi connectivity index (χ1) is 13.5. The molecule has 158 valence electrons. The van der Waals surface area contributed by atoms with Gasteiger partial charge in [0.05, 0.1) is 7.11 Å². The molecule has 0 radical (unpaired) electrons. The van der Waals surface area contributed by atoms with Crippen molar-refractivity contribution in [2.45, 2.75) is 24.9 Å². The zero-order valence-corrected chi connectivity index (χ0v) is 15.6. The van der Waals surface area contributed by atoms with E-state index in [1.54, 1.807) is 12.1 Å². The van der Waals surface area contributed by atoms with Crippen LogP contribution >= 0.6 is 0 Å². The van der Waals surface area contributed by atoms with Gasteiger partial charge in [0.1, 0.15) is 12.1 Å². The van der Waals surface area contributed by atoms with Crippen molar-refractivity contribution in [2.24, 2.45) is 11.5 Å². The van der Waals surface area contributed by atoms with Crippen molar-refractivity contribution in [1.29, 1.82) is 0 Å². The molecule has 0 fully saturated rings. The average Bonchev–Trinajstić information content (AvgIpc) is 2.66. The largest absolute Gasteiger partial charge is 0.505 e. The summed E-state index contributed by atoms with van der Waals surface area (Å²) in [5, 5.41) is 35.3. The van der Waals surface area contributed by atoms with Crippen LogP contribution in [0.2, 0.25) is 0 Å². The van der Waals surface area contributed by atoms with Gasteiger partial charge in [0.15, 0.2) is 23.1 Å². The normalized spacial score (nSPS) is 12.3. The Hall–Kier alpha value is -3.37. The van der Waals surface area contributed by atoms with Crippen molar-refractivity contribution >= 4 is 11.9 Å². The van der Waals surface area contributed by atoms with Gasteiger partial charge in [0.2, 0.25) is 0 Å². The highest BCUT2D eigenvalue weighted by Gasteiger charge is 2.14. The third-order valence-electron chi connectivity index (χ3n) is 3.80. The van der Waals surface area contributed by atoms with E-state index < -0.39 is 35.6 Å². The lowest BCUT2D eigenvalue weighted by molar-refractivity contribution is -0.139. The van der Waals surface area contributed by atoms with Crippen molar-refractivity contribution in [3.8, 4) is 17.2 Å². The second kappa shape index (κ2) is 10.8. The lowest BCUT2D eigenvalue weighted by Crippen LogP contribution is -2.32. The number of hydrogen-bond acceptors (Lipinski definition) is 7. The third kappa shape index (κ3) is 7.64. The number of carbonyl (C=O) groups is 2. The lowest BCUT2D eigenvalue weighted by Gasteiger charge is -2.08. The molecule has 29 heavy (non-hydrogen) atoms. The molecule has 9 nitrogen and oxygen atoms in total. The monoisotopic (exact) mass is 410 g/mol. The van der Waals surface area contributed by atoms with Crippen LogP contribution in [0.15, 0.2) is 36.4 Å². The van der Waals surface area contributed by atoms with Crippen molar-refractivity contribution in [2.75, 3.05) is 7.11 Å². The summed E-state index contributed by atoms with van der Waals surface area (Å²) in [6, 6.07) is 6.29. The summed E-state index contributed by atoms with van der Waals surface area (Å²) in [4.78, 5) is 20.9. The number of ether oxygens (including phenoxy) is 1. The molecule has 8 N–H and O–H groups in total. The summed E-state index contributed by atoms with van der Waals surface area (Å²) in [6.07, 6.45) is 0.235. The van der Waals surface area contributed by atoms with Gasteiger partial charge >= 0.3 is 11.9 Å². The van der Waals surface area contributed by atoms with Crippen LogP contribution in [-0.2, 0) is 22.4 Å². The number of halogens is 1. The second-order valence-electron chi connectivity index (χ2n) is 6.09. The van der Waals surface area contributed by atoms with E-state index in [2.05, 4.69) is 0 Å². The van der Waals surface area contributed by atoms with Crippen molar-refractivity contribution in [1.82, 2.24) is 0 Å². The Balaban J connectivity index is 0.000000291. The standard InChI is InChI=1S/C10H13NO4.C9H10FNO3/c1-15-9-5-6(2-3-8(9)12)4-7(11)10(13)14;10-6-3-5(1-2-8(6)12)4-7(11)9(13)14/h2-3,5,7,12H,4,11H2,1H3,(H,13,14);1-3,7,12H,4,11H2,(H,13,14)/t2*7-/m00/s1. The minimum atomic E-state index is -1.14. The molecule has 0 spiro atoms. The van der Waals surface area contributed by atoms with Gasteiger partial charge in [-0.25, -0.2) is 4.39 Å². The number of nitrogens with two attached hydrogens (primary N) is 2. The number of rotatable bonds is 7. The highest BCUT2D eigenvalue weighted by Crippen LogP contribution is 2.26. The van der Waals surface area contributed by atoms with Crippen LogP contribution in [0.4, 0.5) is 4.39 Å². The van der Waals surface area contributed by atoms with Gasteiger partial charge in [-0.2, -0.15) is 0 Å². The number of phenols is 2. The van der Waals surface area contributed by atoms with E-state index in [9.17, 15) is 19.1 Å². The van der Waals surface area contributed by atoms with Gasteiger partial charge in [0, 0.05) is 0 Å². The summed E-state index contributed by atoms with van der Waals surface area (Å²) in [5.74, 6) is -3.10. The van der Waals surface area contributed by atoms with Gasteiger partial charge in [-0.15, -0.1) is 0 Å². The molecule has 0 unspecified atom stereocenters. The first-order valence-electron chi connectivity index (χ1n) is 8.35. The summed E-state index contributed by atoms with van der Waals surface area (Å²) < 4.78 is 17.7. The molecule has 0 heterocycles. The number of carboxylic acids is 2. The van der Waals surface area contributed by atoms with Crippen LogP contribution in [0.1, 0.15) is 11.1 Å². The van der Waals surface area contributed by atoms with E-state index in [1.165, 1.54) is 25.3 Å². The van der Waals surface area contributed by atoms with Crippen molar-refractivity contribution in [3.05, 3.63) is 53.3 Å². The number of aromatic hydroxyl groups is 2. The summed E-state index contributed by atoms with van der Waals surface area (Å²) in [5.41, 5.74) is 11.8. The number of hydrogen-bond donors (Lipinski definition) is 6. The van der Waals surface area contributed by atoms with Crippen LogP contribution in [0.5, 0.6) is 17.2 Å². The van der Waals surface area contributed by atoms with Crippen LogP contribution in [0.3, 0.4) is 0 Å². The van der Waals surface area contributed by atoms with E-state index in [1.807, 2.05) is 0 Å². The van der Waals surface area contributed by atoms with Crippen molar-refractivity contribution in [3.63, 3.8) is 0 Å². The predicted molar refractivity (Wildman–Crippen MR) is 101 cm³/mol. The Bertz CT molecular complexity index is 860. The lowest BCUT2D eigenvalue weighted by atomic mass is 10.1. The first-order valence-corrected chi connectivity index (χ1v) is 8.35. The first kappa shape index (κ1) is 23.7. The van der Waals surface area contributed by atoms with E-state index in [4.69, 9.17) is 31.5 Å². The molecule has 0 saturated carbocycles. The number of carboxylic acid groups (broad SMARTS) is 2. The summed E-state index contributed by atoms with van der Waals surface area (Å²) in [6.45, 7) is 0. The molecule has 0 aliphatic heterocycles. The van der Waals surface area contributed by atoms with Gasteiger partial charge in [0.25, 0.3) is 0 Å². The maximum absolute atomic E-state index is 12.8. The summed E-state index contributed by atoms with van der Waals surface area (Å²) >= 11 is 0. The third-order valence-corrected chi connectivity index (χ3v) is 3.80. The predicted octanol–water partition coefficient (Wildman–Crippen LogP) is 0.841. The molecule has 0 amide bonds. The van der Waals surface area contributed by atoms with Crippen LogP contribution in [-0.4, -0.2) is 51.6 Å². The number of aliphatic carboxylic acids is 2. The Kier molecular flexibility index (Phi) is 8.84. The molecule has 0 aromatic heterocycles. The average molecular weight is 410 g/mol. The van der Waals surface area contributed by atoms with Crippen LogP contribution in [0, 0.1) is 5.82 Å². The molecule has 2 aromatic rings. The molecule has 0 aliphatic carbocycles. The SMILES string of the molecule is COc1cc(C[C@H](N)C(=O)O)ccc1O.N[C@@H](Cc1ccc(O)c(F)c1)C(=O)O. The molecule has 0 aliphatic rings. The number of benzene rings is 2. The fraction of sp³-hybridized carbons (Fsp3) is 0.263. The van der Waals surface area contributed by atoms with Gasteiger partial charge in [-0.05, 0) is 48.2 Å². The second-order valence-corrected chi connectivity index (χ2v) is 6.09. The zero-order chi connectivity index (χ0) is 22.1. The minimum absolute atomic E-state index is 0.0187. The molecule has 2 atom stereocenters. The highest BCUT2D eigenvalue weighted by molar-refractivity contribution is 5.74. The Labute approximate surface area is 166 Å². The molecule has 2 rings (SSSR count). The van der Waals surface area contributed by atoms with E-state index >= 15 is 0 Å². The molecular formula is C19H23FN2O7. The highest BCUT2D eigenvalue weighted by atomic mass is 19.1. The van der Waals surface area contributed by atoms with E-state index in [0.29, 0.717) is 16.9 Å². The molecule has 2 aromatic carbocycles. The zero-order valence-electron chi connectivity index (χ0n) is 15.6. The number of phenolic OH excluding ortho intramolecular Hbond substituents is 2. The Morgan fingerprint density at radius 1 is 0.931 bits per heavy atom. The molecule has 0 bridgehead atoms. The van der Waals surface area contributed by atoms with Crippen LogP contribution < -0.4 is 16.2 Å². The van der Waals surface area contributed by atoms with Gasteiger partial charge in [-0.1, -0.05) is 12.1 Å². The van der Waals surface area contributed by atoms with E-state index in [-0.39, 0.29) is 18.6 Å². The Morgan fingerprint density at radius 2 is 1.38 bits per heavy atom. The fourth-order valence-electron chi connectivity index (χ4n) is 2.21. The minimum Gasteiger partial charge on any atom is -0.505 e. The maximum atomic E-state index is 12.8. The van der Waals surface area contributed by atoms with Gasteiger partial charge in [-0.3, -0.25) is 9.59 Å². The molecule has 0 saturated heterocycles. The summed E-state index contributed by atoms with van der Waals surface area (Å²) in [7, 11) is 1.43. The maximum Gasteiger partial charge on any atom is 0.320 e. The fourth-order valence-corrected chi connectivity index (χ4v) is 2.21. The van der Waals surface area contributed by atoms with E-state index in [0.717, 1.165) is 6.07 Å². The quantitative estimate of drug-likeness (QED) is 0.386. The Morgan fingerprint density at radius 3 is 1.79 bits per heavy atom. The molecule has 10 heteroatoms. The smallest absolute Gasteiger partial charge is 0.320 e. The van der Waals surface area contributed by atoms with Gasteiger partial charge < -0.3 is 36.6 Å². The topological polar surface area (TPSA) is 176 Å². The van der Waals surface area contributed by atoms with Crippen LogP contribution in [0.25, 0.3) is 0 Å². The molecular weight excluding hydrogens is 387 g/mol. The van der Waals surface area contributed by atoms with Crippen molar-refractivity contribution < 1.29 is 39.1 Å².